The first-order chi connectivity index (χ1) is 18.6. The summed E-state index contributed by atoms with van der Waals surface area (Å²) in [5.74, 6) is -3.07. The van der Waals surface area contributed by atoms with Gasteiger partial charge in [-0.3, -0.25) is 24.1 Å². The second-order valence-electron chi connectivity index (χ2n) is 8.08. The molecule has 1 fully saturated rings. The van der Waals surface area contributed by atoms with Crippen LogP contribution >= 0.6 is 34.9 Å². The highest BCUT2D eigenvalue weighted by Crippen LogP contribution is 2.41. The van der Waals surface area contributed by atoms with Gasteiger partial charge in [-0.1, -0.05) is 22.7 Å². The number of primary amides is 1. The lowest BCUT2D eigenvalue weighted by Crippen LogP contribution is -2.71. The number of thiophene rings is 1. The number of nitrogens with two attached hydrogens (primary N) is 1. The Hall–Kier alpha value is -4.03. The minimum atomic E-state index is -1.32. The molecule has 0 aliphatic carbocycles. The fraction of sp³-hybridized carbons (Fsp3) is 0.286. The van der Waals surface area contributed by atoms with Crippen LogP contribution in [0.1, 0.15) is 10.9 Å². The highest BCUT2D eigenvalue weighted by Gasteiger charge is 2.54. The van der Waals surface area contributed by atoms with E-state index < -0.39 is 59.3 Å². The van der Waals surface area contributed by atoms with Crippen LogP contribution < -0.4 is 27.2 Å². The number of amides is 5. The number of hydrogen-bond acceptors (Lipinski definition) is 11. The lowest BCUT2D eigenvalue weighted by molar-refractivity contribution is -0.150. The molecule has 39 heavy (non-hydrogen) atoms. The fourth-order valence-electron chi connectivity index (χ4n) is 3.73. The number of fused-ring (bicyclic) bond motifs is 1. The highest BCUT2D eigenvalue weighted by molar-refractivity contribution is 8.01. The molecule has 4 heterocycles. The topological polar surface area (TPSA) is 226 Å². The monoisotopic (exact) mass is 595 g/mol. The van der Waals surface area contributed by atoms with E-state index >= 15 is 0 Å². The Bertz CT molecular complexity index is 1410. The van der Waals surface area contributed by atoms with Gasteiger partial charge in [-0.15, -0.1) is 28.2 Å². The number of carboxylic acid groups (broad SMARTS) is 1. The summed E-state index contributed by atoms with van der Waals surface area (Å²) in [6.07, 6.45) is 0. The fourth-order valence-corrected chi connectivity index (χ4v) is 6.83. The number of hydrogen-bond donors (Lipinski definition) is 6. The third-order valence-corrected chi connectivity index (χ3v) is 8.77. The van der Waals surface area contributed by atoms with Gasteiger partial charge in [0, 0.05) is 22.4 Å². The van der Waals surface area contributed by atoms with Crippen LogP contribution in [0, 0.1) is 0 Å². The number of β-lactam (4-membered cyclic amide) rings is 1. The van der Waals surface area contributed by atoms with Gasteiger partial charge < -0.3 is 32.0 Å². The first-order valence-electron chi connectivity index (χ1n) is 11.1. The molecular weight excluding hydrogens is 574 g/mol. The van der Waals surface area contributed by atoms with Gasteiger partial charge in [0.15, 0.2) is 0 Å². The largest absolute Gasteiger partial charge is 0.477 e. The molecule has 2 unspecified atom stereocenters. The normalized spacial score (nSPS) is 19.0. The number of rotatable bonds is 10. The van der Waals surface area contributed by atoms with E-state index in [4.69, 9.17) is 5.73 Å². The zero-order chi connectivity index (χ0) is 28.3. The van der Waals surface area contributed by atoms with E-state index in [1.54, 1.807) is 17.5 Å². The van der Waals surface area contributed by atoms with Crippen LogP contribution in [0.3, 0.4) is 0 Å². The van der Waals surface area contributed by atoms with Gasteiger partial charge in [-0.2, -0.15) is 0 Å². The number of thioether (sulfide) groups is 2. The summed E-state index contributed by atoms with van der Waals surface area (Å²) in [4.78, 5) is 74.4. The standard InChI is InChI=1S/C21H21N7O8S3/c22-11(29)6-23-21(35)25-14(10-2-1-5-37-10)17(31)24-15-18(32)27-16(20(33)34)9(8-39-19(15)27)7-38-12-3-4-13(30)28(36)26-12/h1-5,14-15,19,36H,6-8H2,(H2,22,29)(H,24,31)(H,33,34)(H2,23,25,35)/t14?,15-,19?/m0/s1. The zero-order valence-corrected chi connectivity index (χ0v) is 22.2. The van der Waals surface area contributed by atoms with E-state index in [1.807, 2.05) is 0 Å². The third-order valence-electron chi connectivity index (χ3n) is 5.49. The molecule has 0 bridgehead atoms. The Morgan fingerprint density at radius 1 is 1.23 bits per heavy atom. The van der Waals surface area contributed by atoms with Gasteiger partial charge in [0.05, 0.1) is 6.54 Å². The number of aliphatic carboxylic acids is 1. The summed E-state index contributed by atoms with van der Waals surface area (Å²) < 4.78 is 0. The van der Waals surface area contributed by atoms with Gasteiger partial charge in [-0.05, 0) is 23.1 Å². The van der Waals surface area contributed by atoms with Crippen molar-refractivity contribution >= 4 is 64.6 Å². The molecule has 0 aromatic carbocycles. The molecule has 0 radical (unpaired) electrons. The number of urea groups is 1. The lowest BCUT2D eigenvalue weighted by atomic mass is 10.0. The summed E-state index contributed by atoms with van der Waals surface area (Å²) in [6, 6.07) is 2.73. The van der Waals surface area contributed by atoms with Crippen molar-refractivity contribution in [3.8, 4) is 0 Å². The van der Waals surface area contributed by atoms with Crippen LogP contribution in [0.2, 0.25) is 0 Å². The molecule has 2 aliphatic heterocycles. The quantitative estimate of drug-likeness (QED) is 0.110. The van der Waals surface area contributed by atoms with E-state index in [9.17, 15) is 39.1 Å². The number of carbonyl (C=O) groups is 5. The van der Waals surface area contributed by atoms with Crippen LogP contribution in [0.15, 0.2) is 50.7 Å². The van der Waals surface area contributed by atoms with E-state index in [0.29, 0.717) is 10.5 Å². The first kappa shape index (κ1) is 28.0. The van der Waals surface area contributed by atoms with E-state index in [2.05, 4.69) is 21.0 Å². The van der Waals surface area contributed by atoms with Crippen molar-refractivity contribution in [1.29, 1.82) is 0 Å². The van der Waals surface area contributed by atoms with Crippen molar-refractivity contribution < 1.29 is 34.3 Å². The molecule has 18 heteroatoms. The molecule has 2 aromatic rings. The van der Waals surface area contributed by atoms with Crippen molar-refractivity contribution in [3.05, 3.63) is 56.1 Å². The summed E-state index contributed by atoms with van der Waals surface area (Å²) in [6.45, 7) is -0.440. The number of aromatic nitrogens is 2. The molecule has 0 saturated carbocycles. The average molecular weight is 596 g/mol. The van der Waals surface area contributed by atoms with E-state index in [0.717, 1.165) is 22.7 Å². The Kier molecular flexibility index (Phi) is 8.46. The van der Waals surface area contributed by atoms with Crippen molar-refractivity contribution in [2.24, 2.45) is 5.73 Å². The van der Waals surface area contributed by atoms with Crippen molar-refractivity contribution in [2.45, 2.75) is 22.5 Å². The minimum absolute atomic E-state index is 0.123. The number of carboxylic acids is 1. The van der Waals surface area contributed by atoms with Crippen LogP contribution in [-0.4, -0.2) is 84.3 Å². The molecule has 2 aliphatic rings. The molecule has 15 nitrogen and oxygen atoms in total. The van der Waals surface area contributed by atoms with Gasteiger partial charge in [0.2, 0.25) is 11.8 Å². The lowest BCUT2D eigenvalue weighted by Gasteiger charge is -2.49. The maximum absolute atomic E-state index is 13.1. The smallest absolute Gasteiger partial charge is 0.352 e. The minimum Gasteiger partial charge on any atom is -0.477 e. The van der Waals surface area contributed by atoms with Crippen LogP contribution in [0.25, 0.3) is 0 Å². The van der Waals surface area contributed by atoms with Crippen LogP contribution in [-0.2, 0) is 19.2 Å². The average Bonchev–Trinajstić information content (AvgIpc) is 3.43. The van der Waals surface area contributed by atoms with Gasteiger partial charge >= 0.3 is 17.6 Å². The van der Waals surface area contributed by atoms with Gasteiger partial charge in [0.1, 0.15) is 28.2 Å². The molecule has 0 spiro atoms. The van der Waals surface area contributed by atoms with Crippen molar-refractivity contribution in [3.63, 3.8) is 0 Å². The second kappa shape index (κ2) is 11.8. The molecule has 2 aromatic heterocycles. The van der Waals surface area contributed by atoms with Crippen molar-refractivity contribution in [1.82, 2.24) is 30.8 Å². The summed E-state index contributed by atoms with van der Waals surface area (Å²) in [5, 5.41) is 31.5. The first-order valence-corrected chi connectivity index (χ1v) is 14.0. The van der Waals surface area contributed by atoms with Gasteiger partial charge in [0.25, 0.3) is 5.91 Å². The van der Waals surface area contributed by atoms with E-state index in [-0.39, 0.29) is 27.1 Å². The summed E-state index contributed by atoms with van der Waals surface area (Å²) >= 11 is 3.52. The zero-order valence-electron chi connectivity index (χ0n) is 19.7. The summed E-state index contributed by atoms with van der Waals surface area (Å²) in [5.41, 5.74) is 4.52. The predicted molar refractivity (Wildman–Crippen MR) is 139 cm³/mol. The highest BCUT2D eigenvalue weighted by atomic mass is 32.2. The molecule has 1 saturated heterocycles. The second-order valence-corrected chi connectivity index (χ2v) is 11.2. The molecule has 206 valence electrons. The maximum atomic E-state index is 13.1. The molecule has 5 amide bonds. The molecule has 7 N–H and O–H groups in total. The Morgan fingerprint density at radius 2 is 2.00 bits per heavy atom. The maximum Gasteiger partial charge on any atom is 0.352 e. The van der Waals surface area contributed by atoms with Crippen LogP contribution in [0.5, 0.6) is 0 Å². The Balaban J connectivity index is 1.46. The molecule has 4 rings (SSSR count). The molecule has 3 atom stereocenters. The third kappa shape index (κ3) is 6.18. The number of nitrogens with zero attached hydrogens (tertiary/aromatic N) is 3. The SMILES string of the molecule is NC(=O)CNC(=O)NC(C(=O)N[C@H]1C(=O)N2C(C(=O)O)=C(CSc3ccc(=O)n(O)n3)CSC12)c1cccs1. The van der Waals surface area contributed by atoms with E-state index in [1.165, 1.54) is 29.2 Å². The van der Waals surface area contributed by atoms with Gasteiger partial charge in [-0.25, -0.2) is 9.59 Å². The number of carbonyl (C=O) groups excluding carboxylic acids is 4. The predicted octanol–water partition coefficient (Wildman–Crippen LogP) is -1.10. The molecular formula is C21H21N7O8S3. The Labute approximate surface area is 231 Å². The Morgan fingerprint density at radius 3 is 2.64 bits per heavy atom. The van der Waals surface area contributed by atoms with Crippen molar-refractivity contribution in [2.75, 3.05) is 18.1 Å². The summed E-state index contributed by atoms with van der Waals surface area (Å²) in [7, 11) is 0. The number of nitrogens with one attached hydrogen (secondary N) is 3. The van der Waals surface area contributed by atoms with Crippen LogP contribution in [0.4, 0.5) is 4.79 Å².